The van der Waals surface area contributed by atoms with E-state index >= 15 is 0 Å². The molecule has 0 radical (unpaired) electrons. The zero-order valence-corrected chi connectivity index (χ0v) is 11.6. The van der Waals surface area contributed by atoms with Crippen LogP contribution in [0.4, 0.5) is 0 Å². The van der Waals surface area contributed by atoms with Gasteiger partial charge in [-0.15, -0.1) is 6.42 Å². The van der Waals surface area contributed by atoms with Gasteiger partial charge in [-0.05, 0) is 28.5 Å². The van der Waals surface area contributed by atoms with Crippen molar-refractivity contribution in [2.75, 3.05) is 7.11 Å². The average molecular weight is 254 g/mol. The largest absolute Gasteiger partial charge is 0.469 e. The minimum Gasteiger partial charge on any atom is -0.469 e. The summed E-state index contributed by atoms with van der Waals surface area (Å²) in [6.45, 7) is 4.00. The van der Waals surface area contributed by atoms with Crippen molar-refractivity contribution < 1.29 is 9.53 Å². The number of terminal acetylenes is 1. The van der Waals surface area contributed by atoms with Gasteiger partial charge in [0.2, 0.25) is 0 Å². The Kier molecular flexibility index (Phi) is 5.63. The highest BCUT2D eigenvalue weighted by atomic mass is 16.5. The van der Waals surface area contributed by atoms with Gasteiger partial charge in [-0.2, -0.15) is 0 Å². The van der Waals surface area contributed by atoms with Gasteiger partial charge in [-0.1, -0.05) is 44.0 Å². The second-order valence-corrected chi connectivity index (χ2v) is 3.79. The molecule has 0 bridgehead atoms. The third kappa shape index (κ3) is 3.86. The van der Waals surface area contributed by atoms with Gasteiger partial charge in [0.25, 0.3) is 0 Å². The number of carbonyl (C=O) groups excluding carboxylic acids is 1. The van der Waals surface area contributed by atoms with Crippen molar-refractivity contribution in [3.05, 3.63) is 47.5 Å². The summed E-state index contributed by atoms with van der Waals surface area (Å²) in [5.74, 6) is 2.37. The van der Waals surface area contributed by atoms with E-state index in [0.717, 1.165) is 21.9 Å². The molecule has 2 aromatic carbocycles. The molecule has 98 valence electrons. The van der Waals surface area contributed by atoms with Crippen LogP contribution in [0, 0.1) is 12.3 Å². The van der Waals surface area contributed by atoms with Crippen LogP contribution < -0.4 is 0 Å². The fourth-order valence-corrected chi connectivity index (χ4v) is 1.73. The van der Waals surface area contributed by atoms with Gasteiger partial charge in [0.05, 0.1) is 13.5 Å². The van der Waals surface area contributed by atoms with Crippen LogP contribution in [0.3, 0.4) is 0 Å². The van der Waals surface area contributed by atoms with Crippen molar-refractivity contribution in [3.63, 3.8) is 0 Å². The van der Waals surface area contributed by atoms with Crippen molar-refractivity contribution in [2.24, 2.45) is 0 Å². The van der Waals surface area contributed by atoms with Crippen LogP contribution in [-0.4, -0.2) is 13.1 Å². The molecule has 0 saturated carbocycles. The Morgan fingerprint density at radius 3 is 2.42 bits per heavy atom. The maximum absolute atomic E-state index is 11.2. The molecule has 0 heterocycles. The number of benzene rings is 2. The van der Waals surface area contributed by atoms with Crippen molar-refractivity contribution in [3.8, 4) is 12.3 Å². The standard InChI is InChI=1S/C15H12O2.C2H6/c1-3-11-4-6-14-9-12(10-15(16)17-2)5-7-13(14)8-11;1-2/h1,4-9H,10H2,2H3;1-2H3. The van der Waals surface area contributed by atoms with Gasteiger partial charge in [0.1, 0.15) is 0 Å². The number of methoxy groups -OCH3 is 1. The molecule has 0 fully saturated rings. The molecule has 19 heavy (non-hydrogen) atoms. The lowest BCUT2D eigenvalue weighted by Gasteiger charge is -2.03. The first-order valence-corrected chi connectivity index (χ1v) is 6.29. The van der Waals surface area contributed by atoms with Gasteiger partial charge < -0.3 is 4.74 Å². The smallest absolute Gasteiger partial charge is 0.309 e. The Labute approximate surface area is 114 Å². The van der Waals surface area contributed by atoms with E-state index in [0.29, 0.717) is 6.42 Å². The molecule has 0 spiro atoms. The number of rotatable bonds is 2. The zero-order chi connectivity index (χ0) is 14.3. The molecule has 2 heteroatoms. The van der Waals surface area contributed by atoms with E-state index in [9.17, 15) is 4.79 Å². The second kappa shape index (κ2) is 7.23. The number of fused-ring (bicyclic) bond motifs is 1. The van der Waals surface area contributed by atoms with Gasteiger partial charge in [-0.3, -0.25) is 4.79 Å². The summed E-state index contributed by atoms with van der Waals surface area (Å²) in [5, 5.41) is 2.15. The van der Waals surface area contributed by atoms with Gasteiger partial charge in [0.15, 0.2) is 0 Å². The molecule has 0 aliphatic carbocycles. The van der Waals surface area contributed by atoms with Crippen LogP contribution >= 0.6 is 0 Å². The average Bonchev–Trinajstić information content (AvgIpc) is 2.48. The predicted octanol–water partition coefficient (Wildman–Crippen LogP) is 3.56. The summed E-state index contributed by atoms with van der Waals surface area (Å²) in [6, 6.07) is 11.7. The number of hydrogen-bond acceptors (Lipinski definition) is 2. The minimum absolute atomic E-state index is 0.232. The van der Waals surface area contributed by atoms with E-state index in [-0.39, 0.29) is 5.97 Å². The number of ether oxygens (including phenoxy) is 1. The highest BCUT2D eigenvalue weighted by Gasteiger charge is 2.03. The van der Waals surface area contributed by atoms with E-state index < -0.39 is 0 Å². The molecule has 0 N–H and O–H groups in total. The first-order valence-electron chi connectivity index (χ1n) is 6.29. The van der Waals surface area contributed by atoms with Crippen LogP contribution in [0.25, 0.3) is 10.8 Å². The fourth-order valence-electron chi connectivity index (χ4n) is 1.73. The van der Waals surface area contributed by atoms with E-state index in [2.05, 4.69) is 10.7 Å². The quantitative estimate of drug-likeness (QED) is 0.605. The van der Waals surface area contributed by atoms with E-state index in [1.54, 1.807) is 0 Å². The first-order chi connectivity index (χ1) is 9.22. The molecule has 0 aliphatic heterocycles. The van der Waals surface area contributed by atoms with Crippen molar-refractivity contribution >= 4 is 16.7 Å². The van der Waals surface area contributed by atoms with Gasteiger partial charge in [-0.25, -0.2) is 0 Å². The summed E-state index contributed by atoms with van der Waals surface area (Å²) in [6.07, 6.45) is 5.64. The van der Waals surface area contributed by atoms with Crippen LogP contribution in [0.2, 0.25) is 0 Å². The summed E-state index contributed by atoms with van der Waals surface area (Å²) in [4.78, 5) is 11.2. The molecule has 0 amide bonds. The highest BCUT2D eigenvalue weighted by molar-refractivity contribution is 5.85. The van der Waals surface area contributed by atoms with Gasteiger partial charge >= 0.3 is 5.97 Å². The maximum Gasteiger partial charge on any atom is 0.309 e. The predicted molar refractivity (Wildman–Crippen MR) is 79.0 cm³/mol. The normalized spacial score (nSPS) is 9.16. The van der Waals surface area contributed by atoms with Crippen molar-refractivity contribution in [1.29, 1.82) is 0 Å². The Bertz CT molecular complexity index is 606. The molecule has 2 nitrogen and oxygen atoms in total. The molecule has 0 saturated heterocycles. The lowest BCUT2D eigenvalue weighted by atomic mass is 10.0. The summed E-state index contributed by atoms with van der Waals surface area (Å²) in [5.41, 5.74) is 1.80. The Hall–Kier alpha value is -2.27. The Morgan fingerprint density at radius 2 is 1.79 bits per heavy atom. The van der Waals surface area contributed by atoms with Crippen LogP contribution in [0.1, 0.15) is 25.0 Å². The number of hydrogen-bond donors (Lipinski definition) is 0. The fraction of sp³-hybridized carbons (Fsp3) is 0.235. The molecular formula is C17H18O2. The van der Waals surface area contributed by atoms with Crippen molar-refractivity contribution in [1.82, 2.24) is 0 Å². The maximum atomic E-state index is 11.2. The van der Waals surface area contributed by atoms with Crippen LogP contribution in [0.15, 0.2) is 36.4 Å². The SMILES string of the molecule is C#Cc1ccc2cc(CC(=O)OC)ccc2c1.CC. The zero-order valence-electron chi connectivity index (χ0n) is 11.6. The summed E-state index contributed by atoms with van der Waals surface area (Å²) >= 11 is 0. The minimum atomic E-state index is -0.232. The molecule has 2 aromatic rings. The third-order valence-electron chi connectivity index (χ3n) is 2.65. The lowest BCUT2D eigenvalue weighted by Crippen LogP contribution is -2.04. The Balaban J connectivity index is 0.000000861. The van der Waals surface area contributed by atoms with Gasteiger partial charge in [0, 0.05) is 5.56 Å². The topological polar surface area (TPSA) is 26.3 Å². The van der Waals surface area contributed by atoms with E-state index in [1.807, 2.05) is 50.2 Å². The third-order valence-corrected chi connectivity index (χ3v) is 2.65. The molecule has 0 aliphatic rings. The van der Waals surface area contributed by atoms with Crippen LogP contribution in [-0.2, 0) is 16.0 Å². The summed E-state index contributed by atoms with van der Waals surface area (Å²) < 4.78 is 4.64. The Morgan fingerprint density at radius 1 is 1.16 bits per heavy atom. The molecule has 0 unspecified atom stereocenters. The summed E-state index contributed by atoms with van der Waals surface area (Å²) in [7, 11) is 1.39. The lowest BCUT2D eigenvalue weighted by molar-refractivity contribution is -0.139. The molecule has 0 aromatic heterocycles. The van der Waals surface area contributed by atoms with E-state index in [4.69, 9.17) is 6.42 Å². The van der Waals surface area contributed by atoms with Crippen LogP contribution in [0.5, 0.6) is 0 Å². The second-order valence-electron chi connectivity index (χ2n) is 3.79. The molecule has 0 atom stereocenters. The van der Waals surface area contributed by atoms with Crippen molar-refractivity contribution in [2.45, 2.75) is 20.3 Å². The molecular weight excluding hydrogens is 236 g/mol. The first kappa shape index (κ1) is 14.8. The number of carbonyl (C=O) groups is 1. The molecule has 2 rings (SSSR count). The monoisotopic (exact) mass is 254 g/mol. The van der Waals surface area contributed by atoms with E-state index in [1.165, 1.54) is 7.11 Å². The number of esters is 1. The highest BCUT2D eigenvalue weighted by Crippen LogP contribution is 2.18.